The second-order valence-electron chi connectivity index (χ2n) is 14.5. The van der Waals surface area contributed by atoms with Gasteiger partial charge in [-0.25, -0.2) is 0 Å². The molecule has 3 heteroatoms. The average Bonchev–Trinajstić information content (AvgIpc) is 3.06. The molecule has 0 unspecified atom stereocenters. The van der Waals surface area contributed by atoms with Crippen molar-refractivity contribution in [1.82, 2.24) is 0 Å². The van der Waals surface area contributed by atoms with E-state index in [0.717, 1.165) is 17.2 Å². The SMILES string of the molecule is COc1ccc2cc(C(C)(C)C)ccc2c1.COc1ccc2cc(C(C)(C)C)ccc2c1.COc1ccc2cc(C(C)C)ccc2c1. The molecular formula is C44H52O3. The molecule has 0 aliphatic rings. The summed E-state index contributed by atoms with van der Waals surface area (Å²) >= 11 is 0. The fourth-order valence-electron chi connectivity index (χ4n) is 5.36. The Morgan fingerprint density at radius 3 is 1.00 bits per heavy atom. The second kappa shape index (κ2) is 14.9. The van der Waals surface area contributed by atoms with E-state index in [1.54, 1.807) is 21.3 Å². The highest BCUT2D eigenvalue weighted by Crippen LogP contribution is 2.29. The number of rotatable bonds is 4. The molecule has 0 saturated heterocycles. The molecule has 0 aliphatic carbocycles. The number of hydrogen-bond donors (Lipinski definition) is 0. The van der Waals surface area contributed by atoms with Gasteiger partial charge in [0.2, 0.25) is 0 Å². The van der Waals surface area contributed by atoms with Gasteiger partial charge in [0.15, 0.2) is 0 Å². The molecule has 0 radical (unpaired) electrons. The van der Waals surface area contributed by atoms with E-state index in [2.05, 4.69) is 146 Å². The van der Waals surface area contributed by atoms with Crippen LogP contribution in [0.2, 0.25) is 0 Å². The number of fused-ring (bicyclic) bond motifs is 3. The largest absolute Gasteiger partial charge is 0.497 e. The van der Waals surface area contributed by atoms with E-state index in [9.17, 15) is 0 Å². The fraction of sp³-hybridized carbons (Fsp3) is 0.318. The van der Waals surface area contributed by atoms with Crippen molar-refractivity contribution in [2.45, 2.75) is 72.1 Å². The molecule has 6 rings (SSSR count). The van der Waals surface area contributed by atoms with Gasteiger partial charge in [-0.15, -0.1) is 0 Å². The van der Waals surface area contributed by atoms with Crippen LogP contribution in [0.5, 0.6) is 17.2 Å². The van der Waals surface area contributed by atoms with Crippen LogP contribution in [0, 0.1) is 0 Å². The summed E-state index contributed by atoms with van der Waals surface area (Å²) in [6.07, 6.45) is 0. The first-order valence-electron chi connectivity index (χ1n) is 16.5. The van der Waals surface area contributed by atoms with Gasteiger partial charge in [-0.1, -0.05) is 128 Å². The third kappa shape index (κ3) is 9.29. The van der Waals surface area contributed by atoms with Crippen LogP contribution in [-0.4, -0.2) is 21.3 Å². The summed E-state index contributed by atoms with van der Waals surface area (Å²) in [7, 11) is 5.10. The summed E-state index contributed by atoms with van der Waals surface area (Å²) < 4.78 is 15.6. The van der Waals surface area contributed by atoms with Gasteiger partial charge in [0.25, 0.3) is 0 Å². The maximum atomic E-state index is 5.22. The molecular weight excluding hydrogens is 576 g/mol. The van der Waals surface area contributed by atoms with E-state index in [0.29, 0.717) is 5.92 Å². The van der Waals surface area contributed by atoms with Crippen LogP contribution in [-0.2, 0) is 10.8 Å². The van der Waals surface area contributed by atoms with E-state index in [1.807, 2.05) is 18.2 Å². The van der Waals surface area contributed by atoms with Crippen molar-refractivity contribution in [2.24, 2.45) is 0 Å². The minimum Gasteiger partial charge on any atom is -0.497 e. The molecule has 0 spiro atoms. The van der Waals surface area contributed by atoms with Crippen LogP contribution in [0.1, 0.15) is 78.0 Å². The Bertz CT molecular complexity index is 1840. The molecule has 47 heavy (non-hydrogen) atoms. The quantitative estimate of drug-likeness (QED) is 0.194. The molecule has 0 amide bonds. The Hall–Kier alpha value is -4.50. The van der Waals surface area contributed by atoms with Crippen molar-refractivity contribution in [3.8, 4) is 17.2 Å². The topological polar surface area (TPSA) is 27.7 Å². The summed E-state index contributed by atoms with van der Waals surface area (Å²) in [5.74, 6) is 3.32. The lowest BCUT2D eigenvalue weighted by molar-refractivity contribution is 0.415. The molecule has 0 N–H and O–H groups in total. The summed E-state index contributed by atoms with van der Waals surface area (Å²) in [5.41, 5.74) is 4.52. The van der Waals surface area contributed by atoms with Crippen LogP contribution in [0.3, 0.4) is 0 Å². The number of ether oxygens (including phenoxy) is 3. The summed E-state index contributed by atoms with van der Waals surface area (Å²) in [4.78, 5) is 0. The standard InChI is InChI=1S/2C15H18O.C14H16O/c2*1-15(2,3)13-7-5-12-10-14(16-4)8-6-11(12)9-13;1-10(2)11-4-5-13-9-14(15-3)7-6-12(13)8-11/h2*5-10H,1-4H3;4-10H,1-3H3. The Labute approximate surface area is 282 Å². The zero-order valence-electron chi connectivity index (χ0n) is 30.2. The normalized spacial score (nSPS) is 11.5. The minimum atomic E-state index is 0.202. The van der Waals surface area contributed by atoms with Gasteiger partial charge in [-0.3, -0.25) is 0 Å². The van der Waals surface area contributed by atoms with Crippen LogP contribution < -0.4 is 14.2 Å². The Morgan fingerprint density at radius 2 is 0.681 bits per heavy atom. The van der Waals surface area contributed by atoms with E-state index >= 15 is 0 Å². The number of methoxy groups -OCH3 is 3. The van der Waals surface area contributed by atoms with Gasteiger partial charge in [0, 0.05) is 0 Å². The highest BCUT2D eigenvalue weighted by Gasteiger charge is 2.14. The van der Waals surface area contributed by atoms with E-state index in [-0.39, 0.29) is 10.8 Å². The predicted molar refractivity (Wildman–Crippen MR) is 203 cm³/mol. The highest BCUT2D eigenvalue weighted by molar-refractivity contribution is 5.86. The van der Waals surface area contributed by atoms with Crippen LogP contribution >= 0.6 is 0 Å². The molecule has 3 nitrogen and oxygen atoms in total. The lowest BCUT2D eigenvalue weighted by Gasteiger charge is -2.19. The molecule has 0 saturated carbocycles. The molecule has 0 bridgehead atoms. The predicted octanol–water partition coefficient (Wildman–Crippen LogP) is 12.3. The molecule has 0 fully saturated rings. The van der Waals surface area contributed by atoms with Crippen molar-refractivity contribution in [3.05, 3.63) is 126 Å². The lowest BCUT2D eigenvalue weighted by Crippen LogP contribution is -2.10. The molecule has 6 aromatic rings. The maximum Gasteiger partial charge on any atom is 0.119 e. The van der Waals surface area contributed by atoms with Crippen molar-refractivity contribution in [3.63, 3.8) is 0 Å². The van der Waals surface area contributed by atoms with Crippen molar-refractivity contribution < 1.29 is 14.2 Å². The minimum absolute atomic E-state index is 0.202. The van der Waals surface area contributed by atoms with Gasteiger partial charge in [0.1, 0.15) is 17.2 Å². The number of hydrogen-bond acceptors (Lipinski definition) is 3. The molecule has 246 valence electrons. The van der Waals surface area contributed by atoms with Crippen LogP contribution in [0.4, 0.5) is 0 Å². The fourth-order valence-corrected chi connectivity index (χ4v) is 5.36. The van der Waals surface area contributed by atoms with E-state index in [1.165, 1.54) is 49.0 Å². The van der Waals surface area contributed by atoms with E-state index < -0.39 is 0 Å². The first kappa shape index (κ1) is 35.4. The molecule has 0 heterocycles. The van der Waals surface area contributed by atoms with Gasteiger partial charge in [0.05, 0.1) is 21.3 Å². The van der Waals surface area contributed by atoms with Crippen molar-refractivity contribution >= 4 is 32.3 Å². The monoisotopic (exact) mass is 628 g/mol. The van der Waals surface area contributed by atoms with Gasteiger partial charge in [-0.05, 0) is 102 Å². The summed E-state index contributed by atoms with van der Waals surface area (Å²) in [6.45, 7) is 17.8. The Balaban J connectivity index is 0.000000160. The van der Waals surface area contributed by atoms with Crippen LogP contribution in [0.25, 0.3) is 32.3 Å². The van der Waals surface area contributed by atoms with Crippen molar-refractivity contribution in [2.75, 3.05) is 21.3 Å². The summed E-state index contributed by atoms with van der Waals surface area (Å²) in [5, 5.41) is 7.52. The molecule has 0 atom stereocenters. The first-order chi connectivity index (χ1) is 22.2. The smallest absolute Gasteiger partial charge is 0.119 e. The highest BCUT2D eigenvalue weighted by atomic mass is 16.5. The Kier molecular flexibility index (Phi) is 11.2. The number of benzene rings is 6. The summed E-state index contributed by atoms with van der Waals surface area (Å²) in [6, 6.07) is 38.4. The van der Waals surface area contributed by atoms with E-state index in [4.69, 9.17) is 14.2 Å². The van der Waals surface area contributed by atoms with Gasteiger partial charge in [-0.2, -0.15) is 0 Å². The van der Waals surface area contributed by atoms with Gasteiger partial charge < -0.3 is 14.2 Å². The third-order valence-electron chi connectivity index (χ3n) is 8.57. The lowest BCUT2D eigenvalue weighted by atomic mass is 9.86. The first-order valence-corrected chi connectivity index (χ1v) is 16.5. The van der Waals surface area contributed by atoms with Crippen LogP contribution in [0.15, 0.2) is 109 Å². The second-order valence-corrected chi connectivity index (χ2v) is 14.5. The molecule has 0 aliphatic heterocycles. The molecule has 0 aromatic heterocycles. The zero-order chi connectivity index (χ0) is 34.4. The third-order valence-corrected chi connectivity index (χ3v) is 8.57. The van der Waals surface area contributed by atoms with Gasteiger partial charge >= 0.3 is 0 Å². The Morgan fingerprint density at radius 1 is 0.383 bits per heavy atom. The van der Waals surface area contributed by atoms with Crippen molar-refractivity contribution in [1.29, 1.82) is 0 Å². The zero-order valence-corrected chi connectivity index (χ0v) is 30.2. The molecule has 6 aromatic carbocycles. The average molecular weight is 629 g/mol. The maximum absolute atomic E-state index is 5.22.